The maximum absolute atomic E-state index is 10.6. The Morgan fingerprint density at radius 2 is 2.47 bits per heavy atom. The number of hydrogen-bond acceptors (Lipinski definition) is 4. The van der Waals surface area contributed by atoms with Gasteiger partial charge in [-0.3, -0.25) is 4.79 Å². The van der Waals surface area contributed by atoms with Gasteiger partial charge in [-0.05, 0) is 6.07 Å². The Hall–Kier alpha value is -1.33. The summed E-state index contributed by atoms with van der Waals surface area (Å²) in [6.07, 6.45) is 1.49. The van der Waals surface area contributed by atoms with Crippen molar-refractivity contribution in [1.82, 2.24) is 0 Å². The van der Waals surface area contributed by atoms with Gasteiger partial charge in [-0.15, -0.1) is 0 Å². The largest absolute Gasteiger partial charge is 0.481 e. The second-order valence-corrected chi connectivity index (χ2v) is 3.27. The van der Waals surface area contributed by atoms with Crippen LogP contribution in [0.15, 0.2) is 16.7 Å². The molecule has 0 aliphatic carbocycles. The Morgan fingerprint density at radius 3 is 3.00 bits per heavy atom. The third kappa shape index (κ3) is 3.07. The molecule has 0 radical (unpaired) electrons. The number of nitrogens with two attached hydrogens (primary N) is 1. The van der Waals surface area contributed by atoms with Gasteiger partial charge in [0, 0.05) is 25.1 Å². The predicted octanol–water partition coefficient (Wildman–Crippen LogP) is 0.943. The van der Waals surface area contributed by atoms with Gasteiger partial charge in [0.25, 0.3) is 0 Å². The van der Waals surface area contributed by atoms with Gasteiger partial charge < -0.3 is 20.0 Å². The van der Waals surface area contributed by atoms with Crippen molar-refractivity contribution < 1.29 is 19.1 Å². The van der Waals surface area contributed by atoms with Crippen LogP contribution in [0.3, 0.4) is 0 Å². The molecule has 84 valence electrons. The maximum Gasteiger partial charge on any atom is 0.304 e. The van der Waals surface area contributed by atoms with Crippen LogP contribution >= 0.6 is 0 Å². The zero-order valence-corrected chi connectivity index (χ0v) is 8.60. The quantitative estimate of drug-likeness (QED) is 0.734. The molecule has 5 heteroatoms. The second-order valence-electron chi connectivity index (χ2n) is 3.27. The van der Waals surface area contributed by atoms with Crippen molar-refractivity contribution >= 4 is 5.97 Å². The van der Waals surface area contributed by atoms with Crippen LogP contribution in [0.2, 0.25) is 0 Å². The molecule has 0 aliphatic rings. The number of carboxylic acids is 1. The fourth-order valence-corrected chi connectivity index (χ4v) is 1.47. The van der Waals surface area contributed by atoms with Crippen LogP contribution in [0.25, 0.3) is 0 Å². The highest BCUT2D eigenvalue weighted by atomic mass is 16.5. The highest BCUT2D eigenvalue weighted by molar-refractivity contribution is 5.68. The van der Waals surface area contributed by atoms with E-state index in [9.17, 15) is 4.79 Å². The van der Waals surface area contributed by atoms with Gasteiger partial charge in [0.15, 0.2) is 0 Å². The van der Waals surface area contributed by atoms with Crippen molar-refractivity contribution in [1.29, 1.82) is 0 Å². The monoisotopic (exact) mass is 213 g/mol. The average molecular weight is 213 g/mol. The Bertz CT molecular complexity index is 321. The Morgan fingerprint density at radius 1 is 1.73 bits per heavy atom. The lowest BCUT2D eigenvalue weighted by Gasteiger charge is -2.11. The van der Waals surface area contributed by atoms with Crippen LogP contribution in [0.1, 0.15) is 23.7 Å². The highest BCUT2D eigenvalue weighted by Crippen LogP contribution is 2.24. The van der Waals surface area contributed by atoms with Gasteiger partial charge >= 0.3 is 5.97 Å². The molecule has 1 unspecified atom stereocenters. The molecule has 1 aromatic heterocycles. The first-order chi connectivity index (χ1) is 7.19. The van der Waals surface area contributed by atoms with Crippen molar-refractivity contribution in [2.24, 2.45) is 5.73 Å². The number of furan rings is 1. The van der Waals surface area contributed by atoms with E-state index >= 15 is 0 Å². The molecule has 0 spiro atoms. The van der Waals surface area contributed by atoms with Gasteiger partial charge in [0.05, 0.1) is 19.3 Å². The molecule has 0 fully saturated rings. The normalized spacial score (nSPS) is 12.7. The molecule has 1 atom stereocenters. The van der Waals surface area contributed by atoms with Crippen LogP contribution in [0.5, 0.6) is 0 Å². The summed E-state index contributed by atoms with van der Waals surface area (Å²) in [7, 11) is 1.57. The van der Waals surface area contributed by atoms with Crippen molar-refractivity contribution in [3.8, 4) is 0 Å². The lowest BCUT2D eigenvalue weighted by molar-refractivity contribution is -0.137. The smallest absolute Gasteiger partial charge is 0.304 e. The minimum atomic E-state index is -0.884. The van der Waals surface area contributed by atoms with Gasteiger partial charge in [-0.1, -0.05) is 0 Å². The summed E-state index contributed by atoms with van der Waals surface area (Å²) in [6.45, 7) is 0.651. The molecule has 5 nitrogen and oxygen atoms in total. The van der Waals surface area contributed by atoms with Crippen molar-refractivity contribution in [3.63, 3.8) is 0 Å². The molecule has 3 N–H and O–H groups in total. The molecule has 1 aromatic rings. The molecule has 0 amide bonds. The molecular weight excluding hydrogens is 198 g/mol. The fraction of sp³-hybridized carbons (Fsp3) is 0.500. The van der Waals surface area contributed by atoms with Crippen LogP contribution in [-0.2, 0) is 16.1 Å². The maximum atomic E-state index is 10.6. The minimum Gasteiger partial charge on any atom is -0.481 e. The summed E-state index contributed by atoms with van der Waals surface area (Å²) < 4.78 is 10.2. The fourth-order valence-electron chi connectivity index (χ4n) is 1.47. The van der Waals surface area contributed by atoms with E-state index in [0.29, 0.717) is 12.4 Å². The van der Waals surface area contributed by atoms with E-state index in [0.717, 1.165) is 5.56 Å². The summed E-state index contributed by atoms with van der Waals surface area (Å²) in [5.41, 5.74) is 6.37. The van der Waals surface area contributed by atoms with Crippen LogP contribution in [0.4, 0.5) is 0 Å². The summed E-state index contributed by atoms with van der Waals surface area (Å²) in [5, 5.41) is 8.71. The van der Waals surface area contributed by atoms with Crippen molar-refractivity contribution in [2.75, 3.05) is 13.7 Å². The number of aliphatic carboxylic acids is 1. The number of carbonyl (C=O) groups is 1. The molecule has 0 saturated carbocycles. The molecule has 0 aromatic carbocycles. The lowest BCUT2D eigenvalue weighted by atomic mass is 10.00. The predicted molar refractivity (Wildman–Crippen MR) is 53.5 cm³/mol. The Balaban J connectivity index is 2.80. The van der Waals surface area contributed by atoms with E-state index in [1.165, 1.54) is 6.26 Å². The molecule has 15 heavy (non-hydrogen) atoms. The van der Waals surface area contributed by atoms with E-state index in [1.54, 1.807) is 13.2 Å². The summed E-state index contributed by atoms with van der Waals surface area (Å²) in [4.78, 5) is 10.6. The second kappa shape index (κ2) is 5.53. The number of methoxy groups -OCH3 is 1. The van der Waals surface area contributed by atoms with E-state index in [2.05, 4.69) is 0 Å². The summed E-state index contributed by atoms with van der Waals surface area (Å²) in [6, 6.07) is 1.77. The molecule has 1 heterocycles. The zero-order chi connectivity index (χ0) is 11.3. The minimum absolute atomic E-state index is 0.0271. The molecular formula is C10H15NO4. The molecule has 0 aliphatic heterocycles. The van der Waals surface area contributed by atoms with Crippen molar-refractivity contribution in [2.45, 2.75) is 18.9 Å². The van der Waals surface area contributed by atoms with Gasteiger partial charge in [-0.2, -0.15) is 0 Å². The number of hydrogen-bond donors (Lipinski definition) is 2. The van der Waals surface area contributed by atoms with Gasteiger partial charge in [-0.25, -0.2) is 0 Å². The zero-order valence-electron chi connectivity index (χ0n) is 8.60. The van der Waals surface area contributed by atoms with Crippen molar-refractivity contribution in [3.05, 3.63) is 23.7 Å². The SMILES string of the molecule is COCc1ccoc1C(CN)CC(=O)O. The third-order valence-electron chi connectivity index (χ3n) is 2.16. The van der Waals surface area contributed by atoms with E-state index in [4.69, 9.17) is 20.0 Å². The van der Waals surface area contributed by atoms with Crippen LogP contribution in [0, 0.1) is 0 Å². The first kappa shape index (κ1) is 11.7. The van der Waals surface area contributed by atoms with E-state index in [-0.39, 0.29) is 18.9 Å². The number of rotatable bonds is 6. The molecule has 1 rings (SSSR count). The third-order valence-corrected chi connectivity index (χ3v) is 2.16. The summed E-state index contributed by atoms with van der Waals surface area (Å²) >= 11 is 0. The first-order valence-corrected chi connectivity index (χ1v) is 4.66. The highest BCUT2D eigenvalue weighted by Gasteiger charge is 2.20. The number of carboxylic acid groups (broad SMARTS) is 1. The van der Waals surface area contributed by atoms with Crippen LogP contribution < -0.4 is 5.73 Å². The standard InChI is InChI=1S/C10H15NO4/c1-14-6-7-2-3-15-10(7)8(5-11)4-9(12)13/h2-3,8H,4-6,11H2,1H3,(H,12,13). The van der Waals surface area contributed by atoms with Gasteiger partial charge in [0.1, 0.15) is 5.76 Å². The van der Waals surface area contributed by atoms with E-state index < -0.39 is 5.97 Å². The number of ether oxygens (including phenoxy) is 1. The van der Waals surface area contributed by atoms with Crippen LogP contribution in [-0.4, -0.2) is 24.7 Å². The molecule has 0 saturated heterocycles. The lowest BCUT2D eigenvalue weighted by Crippen LogP contribution is -2.17. The Kier molecular flexibility index (Phi) is 4.33. The first-order valence-electron chi connectivity index (χ1n) is 4.66. The topological polar surface area (TPSA) is 85.7 Å². The molecule has 0 bridgehead atoms. The van der Waals surface area contributed by atoms with E-state index in [1.807, 2.05) is 0 Å². The van der Waals surface area contributed by atoms with Gasteiger partial charge in [0.2, 0.25) is 0 Å². The average Bonchev–Trinajstić information content (AvgIpc) is 2.63. The summed E-state index contributed by atoms with van der Waals surface area (Å²) in [5.74, 6) is -0.561. The Labute approximate surface area is 87.8 Å².